The van der Waals surface area contributed by atoms with Crippen molar-refractivity contribution in [2.75, 3.05) is 5.32 Å². The Labute approximate surface area is 167 Å². The Morgan fingerprint density at radius 1 is 1.40 bits per heavy atom. The van der Waals surface area contributed by atoms with Gasteiger partial charge in [0.2, 0.25) is 17.5 Å². The first kappa shape index (κ1) is 19.6. The minimum atomic E-state index is -3.17. The minimum absolute atomic E-state index is 0.0939. The van der Waals surface area contributed by atoms with Crippen molar-refractivity contribution in [2.45, 2.75) is 38.2 Å². The van der Waals surface area contributed by atoms with Gasteiger partial charge in [0.1, 0.15) is 6.07 Å². The smallest absolute Gasteiger partial charge is 0.388 e. The van der Waals surface area contributed by atoms with Crippen molar-refractivity contribution in [3.63, 3.8) is 0 Å². The predicted octanol–water partition coefficient (Wildman–Crippen LogP) is 2.54. The molecule has 3 heterocycles. The molecule has 0 spiro atoms. The number of carbonyl (C=O) groups is 1. The summed E-state index contributed by atoms with van der Waals surface area (Å²) in [5, 5.41) is 15.4. The van der Waals surface area contributed by atoms with Crippen LogP contribution in [0.4, 0.5) is 19.0 Å². The number of fused-ring (bicyclic) bond motifs is 3. The van der Waals surface area contributed by atoms with Crippen LogP contribution < -0.4 is 10.1 Å². The molecule has 1 amide bonds. The van der Waals surface area contributed by atoms with Crippen LogP contribution in [0.2, 0.25) is 0 Å². The SMILES string of the molecule is CC1(C)CC(C(=O)Nc2cnc(OC(F)F)c(C#N)n2)c2cnc3cc(F)nn3c21. The maximum atomic E-state index is 13.6. The second-order valence-corrected chi connectivity index (χ2v) is 7.33. The van der Waals surface area contributed by atoms with E-state index in [1.54, 1.807) is 6.07 Å². The molecule has 1 N–H and O–H groups in total. The van der Waals surface area contributed by atoms with Gasteiger partial charge in [0, 0.05) is 23.2 Å². The lowest BCUT2D eigenvalue weighted by atomic mass is 9.88. The van der Waals surface area contributed by atoms with Gasteiger partial charge in [-0.2, -0.15) is 18.4 Å². The summed E-state index contributed by atoms with van der Waals surface area (Å²) in [7, 11) is 0. The highest BCUT2D eigenvalue weighted by molar-refractivity contribution is 5.96. The van der Waals surface area contributed by atoms with Gasteiger partial charge in [-0.3, -0.25) is 4.79 Å². The molecule has 1 unspecified atom stereocenters. The van der Waals surface area contributed by atoms with E-state index in [4.69, 9.17) is 5.26 Å². The van der Waals surface area contributed by atoms with Crippen molar-refractivity contribution in [1.29, 1.82) is 5.26 Å². The molecule has 12 heteroatoms. The molecule has 0 saturated carbocycles. The summed E-state index contributed by atoms with van der Waals surface area (Å²) in [6.07, 6.45) is 2.92. The lowest BCUT2D eigenvalue weighted by Crippen LogP contribution is -2.22. The van der Waals surface area contributed by atoms with Gasteiger partial charge in [-0.15, -0.1) is 5.10 Å². The molecule has 0 radical (unpaired) electrons. The maximum Gasteiger partial charge on any atom is 0.388 e. The fourth-order valence-electron chi connectivity index (χ4n) is 3.70. The monoisotopic (exact) mass is 417 g/mol. The Morgan fingerprint density at radius 2 is 2.17 bits per heavy atom. The minimum Gasteiger partial charge on any atom is -0.414 e. The molecule has 1 aliphatic rings. The van der Waals surface area contributed by atoms with Crippen LogP contribution in [-0.2, 0) is 10.2 Å². The van der Waals surface area contributed by atoms with E-state index < -0.39 is 41.4 Å². The molecule has 154 valence electrons. The van der Waals surface area contributed by atoms with E-state index in [1.807, 2.05) is 13.8 Å². The van der Waals surface area contributed by atoms with Crippen LogP contribution >= 0.6 is 0 Å². The van der Waals surface area contributed by atoms with Crippen molar-refractivity contribution in [3.05, 3.63) is 41.4 Å². The standard InChI is InChI=1S/C18H14F3N7O2/c1-18(2)4-8(9-6-23-13-3-11(19)27-28(13)14(9)18)15(29)26-12-7-24-16(30-17(20)21)10(5-22)25-12/h3,6-8,17H,4H2,1-2H3,(H,25,26,29). The molecular weight excluding hydrogens is 403 g/mol. The van der Waals surface area contributed by atoms with E-state index in [0.717, 1.165) is 6.20 Å². The van der Waals surface area contributed by atoms with Crippen LogP contribution in [0.15, 0.2) is 18.5 Å². The number of ether oxygens (including phenoxy) is 1. The molecule has 9 nitrogen and oxygen atoms in total. The van der Waals surface area contributed by atoms with Gasteiger partial charge in [0.05, 0.1) is 17.8 Å². The average Bonchev–Trinajstić information content (AvgIpc) is 3.18. The van der Waals surface area contributed by atoms with E-state index >= 15 is 0 Å². The van der Waals surface area contributed by atoms with Crippen LogP contribution in [0.1, 0.15) is 43.1 Å². The highest BCUT2D eigenvalue weighted by Crippen LogP contribution is 2.45. The molecule has 1 atom stereocenters. The first-order valence-electron chi connectivity index (χ1n) is 8.77. The molecular formula is C18H14F3N7O2. The number of nitriles is 1. The zero-order valence-corrected chi connectivity index (χ0v) is 15.7. The summed E-state index contributed by atoms with van der Waals surface area (Å²) < 4.78 is 43.9. The summed E-state index contributed by atoms with van der Waals surface area (Å²) in [4.78, 5) is 24.5. The van der Waals surface area contributed by atoms with Gasteiger partial charge < -0.3 is 10.1 Å². The molecule has 3 aromatic heterocycles. The molecule has 0 bridgehead atoms. The van der Waals surface area contributed by atoms with Gasteiger partial charge in [-0.05, 0) is 6.42 Å². The maximum absolute atomic E-state index is 13.6. The quantitative estimate of drug-likeness (QED) is 0.693. The Hall–Kier alpha value is -3.75. The Bertz CT molecular complexity index is 1200. The molecule has 3 aromatic rings. The molecule has 0 fully saturated rings. The number of nitrogens with one attached hydrogen (secondary N) is 1. The fraction of sp³-hybridized carbons (Fsp3) is 0.333. The summed E-state index contributed by atoms with van der Waals surface area (Å²) in [5.74, 6) is -2.52. The van der Waals surface area contributed by atoms with Crippen LogP contribution in [0, 0.1) is 17.3 Å². The summed E-state index contributed by atoms with van der Waals surface area (Å²) in [5.41, 5.74) is 0.588. The van der Waals surface area contributed by atoms with Crippen molar-refractivity contribution in [2.24, 2.45) is 0 Å². The topological polar surface area (TPSA) is 118 Å². The molecule has 1 aliphatic carbocycles. The highest BCUT2D eigenvalue weighted by Gasteiger charge is 2.43. The highest BCUT2D eigenvalue weighted by atomic mass is 19.3. The lowest BCUT2D eigenvalue weighted by Gasteiger charge is -2.19. The third-order valence-corrected chi connectivity index (χ3v) is 4.83. The number of aromatic nitrogens is 5. The third-order valence-electron chi connectivity index (χ3n) is 4.83. The first-order valence-corrected chi connectivity index (χ1v) is 8.77. The third kappa shape index (κ3) is 3.28. The number of alkyl halides is 2. The molecule has 0 saturated heterocycles. The van der Waals surface area contributed by atoms with Crippen molar-refractivity contribution in [3.8, 4) is 11.9 Å². The largest absolute Gasteiger partial charge is 0.414 e. The second-order valence-electron chi connectivity index (χ2n) is 7.33. The zero-order valence-electron chi connectivity index (χ0n) is 15.7. The fourth-order valence-corrected chi connectivity index (χ4v) is 3.70. The molecule has 4 rings (SSSR count). The first-order chi connectivity index (χ1) is 14.2. The van der Waals surface area contributed by atoms with E-state index in [9.17, 15) is 18.0 Å². The second kappa shape index (κ2) is 6.94. The number of hydrogen-bond donors (Lipinski definition) is 1. The number of halogens is 3. The lowest BCUT2D eigenvalue weighted by molar-refractivity contribution is -0.117. The number of hydrogen-bond acceptors (Lipinski definition) is 7. The number of nitrogens with zero attached hydrogens (tertiary/aromatic N) is 6. The number of rotatable bonds is 4. The van der Waals surface area contributed by atoms with Gasteiger partial charge in [-0.1, -0.05) is 13.8 Å². The van der Waals surface area contributed by atoms with E-state index in [-0.39, 0.29) is 5.82 Å². The van der Waals surface area contributed by atoms with Gasteiger partial charge in [0.15, 0.2) is 11.5 Å². The van der Waals surface area contributed by atoms with Gasteiger partial charge >= 0.3 is 6.61 Å². The van der Waals surface area contributed by atoms with Crippen molar-refractivity contribution in [1.82, 2.24) is 24.6 Å². The molecule has 0 aliphatic heterocycles. The van der Waals surface area contributed by atoms with Gasteiger partial charge in [-0.25, -0.2) is 19.5 Å². The normalized spacial score (nSPS) is 17.0. The average molecular weight is 417 g/mol. The summed E-state index contributed by atoms with van der Waals surface area (Å²) in [6.45, 7) is 0.644. The van der Waals surface area contributed by atoms with Crippen molar-refractivity contribution < 1.29 is 22.7 Å². The summed E-state index contributed by atoms with van der Waals surface area (Å²) in [6, 6.07) is 2.80. The van der Waals surface area contributed by atoms with Crippen molar-refractivity contribution >= 4 is 17.4 Å². The van der Waals surface area contributed by atoms with E-state index in [1.165, 1.54) is 16.8 Å². The predicted molar refractivity (Wildman–Crippen MR) is 95.3 cm³/mol. The number of anilines is 1. The van der Waals surface area contributed by atoms with Crippen LogP contribution in [0.3, 0.4) is 0 Å². The number of carbonyl (C=O) groups excluding carboxylic acids is 1. The summed E-state index contributed by atoms with van der Waals surface area (Å²) >= 11 is 0. The molecule has 0 aromatic carbocycles. The number of amides is 1. The van der Waals surface area contributed by atoms with Crippen LogP contribution in [0.5, 0.6) is 5.88 Å². The Kier molecular flexibility index (Phi) is 4.53. The van der Waals surface area contributed by atoms with E-state index in [2.05, 4.69) is 30.1 Å². The Balaban J connectivity index is 1.65. The Morgan fingerprint density at radius 3 is 2.87 bits per heavy atom. The van der Waals surface area contributed by atoms with Crippen LogP contribution in [-0.4, -0.2) is 37.1 Å². The zero-order chi connectivity index (χ0) is 21.6. The van der Waals surface area contributed by atoms with E-state index in [0.29, 0.717) is 23.3 Å². The van der Waals surface area contributed by atoms with Crippen LogP contribution in [0.25, 0.3) is 5.65 Å². The van der Waals surface area contributed by atoms with Gasteiger partial charge in [0.25, 0.3) is 5.88 Å². The molecule has 30 heavy (non-hydrogen) atoms.